The van der Waals surface area contributed by atoms with Crippen LogP contribution < -0.4 is 26.0 Å². The number of carbonyl (C=O) groups excluding carboxylic acids is 4. The average Bonchev–Trinajstić information content (AvgIpc) is 3.42. The Labute approximate surface area is 204 Å². The van der Waals surface area contributed by atoms with E-state index >= 15 is 0 Å². The lowest BCUT2D eigenvalue weighted by Gasteiger charge is -2.21. The summed E-state index contributed by atoms with van der Waals surface area (Å²) < 4.78 is 6.65. The molecule has 5 N–H and O–H groups in total. The van der Waals surface area contributed by atoms with Crippen molar-refractivity contribution in [2.45, 2.75) is 24.5 Å². The lowest BCUT2D eigenvalue weighted by atomic mass is 9.91. The highest BCUT2D eigenvalue weighted by molar-refractivity contribution is 6.09. The minimum atomic E-state index is -1.64. The fraction of sp³-hybridized carbons (Fsp3) is 0.200. The van der Waals surface area contributed by atoms with Crippen molar-refractivity contribution in [3.63, 3.8) is 0 Å². The maximum Gasteiger partial charge on any atom is 0.323 e. The number of amides is 6. The maximum atomic E-state index is 12.8. The number of fused-ring (bicyclic) bond motifs is 1. The van der Waals surface area contributed by atoms with Crippen molar-refractivity contribution in [3.8, 4) is 23.5 Å². The van der Waals surface area contributed by atoms with Crippen molar-refractivity contribution in [3.05, 3.63) is 59.8 Å². The van der Waals surface area contributed by atoms with Gasteiger partial charge in [0.2, 0.25) is 5.54 Å². The van der Waals surface area contributed by atoms with E-state index in [9.17, 15) is 24.3 Å². The average molecular weight is 487 g/mol. The quantitative estimate of drug-likeness (QED) is 0.274. The van der Waals surface area contributed by atoms with Gasteiger partial charge in [0.15, 0.2) is 5.88 Å². The summed E-state index contributed by atoms with van der Waals surface area (Å²) in [5.41, 5.74) is -1.79. The third-order valence-electron chi connectivity index (χ3n) is 6.34. The number of urea groups is 2. The lowest BCUT2D eigenvalue weighted by molar-refractivity contribution is -0.124. The molecule has 0 aliphatic carbocycles. The van der Waals surface area contributed by atoms with Gasteiger partial charge in [0.05, 0.1) is 13.7 Å². The molecule has 11 nitrogen and oxygen atoms in total. The van der Waals surface area contributed by atoms with Crippen molar-refractivity contribution < 1.29 is 29.0 Å². The number of nitrogens with one attached hydrogen (secondary N) is 4. The van der Waals surface area contributed by atoms with Crippen LogP contribution in [0.25, 0.3) is 10.8 Å². The second kappa shape index (κ2) is 8.06. The zero-order valence-electron chi connectivity index (χ0n) is 19.3. The van der Waals surface area contributed by atoms with E-state index in [4.69, 9.17) is 4.74 Å². The number of aromatic nitrogens is 1. The SMILES string of the molecule is COc1ccc2cn(C[C@@]3(C#Cc4ccc(C5(C)NC(=O)NC5=O)cc4)NC(=O)NC3=O)c(O)c2c1. The number of carbonyl (C=O) groups is 4. The summed E-state index contributed by atoms with van der Waals surface area (Å²) in [4.78, 5) is 48.5. The first-order valence-electron chi connectivity index (χ1n) is 10.9. The van der Waals surface area contributed by atoms with Crippen molar-refractivity contribution in [2.24, 2.45) is 0 Å². The van der Waals surface area contributed by atoms with E-state index in [-0.39, 0.29) is 12.4 Å². The van der Waals surface area contributed by atoms with Gasteiger partial charge in [0, 0.05) is 22.5 Å². The smallest absolute Gasteiger partial charge is 0.323 e. The van der Waals surface area contributed by atoms with Gasteiger partial charge in [-0.05, 0) is 42.8 Å². The summed E-state index contributed by atoms with van der Waals surface area (Å²) in [6.45, 7) is 1.44. The van der Waals surface area contributed by atoms with Crippen LogP contribution in [0.1, 0.15) is 18.1 Å². The molecule has 1 unspecified atom stereocenters. The second-order valence-electron chi connectivity index (χ2n) is 8.71. The van der Waals surface area contributed by atoms with Gasteiger partial charge in [-0.2, -0.15) is 0 Å². The molecule has 0 bridgehead atoms. The predicted molar refractivity (Wildman–Crippen MR) is 127 cm³/mol. The van der Waals surface area contributed by atoms with Crippen LogP contribution in [0.3, 0.4) is 0 Å². The summed E-state index contributed by atoms with van der Waals surface area (Å²) in [5, 5.41) is 21.6. The number of methoxy groups -OCH3 is 1. The highest BCUT2D eigenvalue weighted by Crippen LogP contribution is 2.32. The third-order valence-corrected chi connectivity index (χ3v) is 6.34. The van der Waals surface area contributed by atoms with E-state index in [1.807, 2.05) is 0 Å². The van der Waals surface area contributed by atoms with Crippen LogP contribution >= 0.6 is 0 Å². The number of benzene rings is 2. The number of ether oxygens (including phenoxy) is 1. The number of hydrogen-bond donors (Lipinski definition) is 5. The first-order chi connectivity index (χ1) is 17.1. The molecule has 6 amide bonds. The summed E-state index contributed by atoms with van der Waals surface area (Å²) in [5.74, 6) is 5.08. The van der Waals surface area contributed by atoms with Gasteiger partial charge in [0.1, 0.15) is 11.3 Å². The molecule has 3 heterocycles. The molecule has 2 aliphatic rings. The van der Waals surface area contributed by atoms with E-state index in [1.54, 1.807) is 55.6 Å². The number of aromatic hydroxyl groups is 1. The number of hydrogen-bond acceptors (Lipinski definition) is 6. The molecule has 0 radical (unpaired) electrons. The Morgan fingerprint density at radius 1 is 0.972 bits per heavy atom. The molecule has 11 heteroatoms. The van der Waals surface area contributed by atoms with Gasteiger partial charge in [-0.15, -0.1) is 0 Å². The summed E-state index contributed by atoms with van der Waals surface area (Å²) >= 11 is 0. The van der Waals surface area contributed by atoms with E-state index in [0.717, 1.165) is 0 Å². The molecule has 2 atom stereocenters. The molecule has 0 spiro atoms. The molecule has 2 saturated heterocycles. The Morgan fingerprint density at radius 2 is 1.67 bits per heavy atom. The molecule has 2 fully saturated rings. The van der Waals surface area contributed by atoms with Crippen molar-refractivity contribution in [2.75, 3.05) is 7.11 Å². The monoisotopic (exact) mass is 487 g/mol. The highest BCUT2D eigenvalue weighted by atomic mass is 16.5. The van der Waals surface area contributed by atoms with Crippen LogP contribution in [0, 0.1) is 11.8 Å². The van der Waals surface area contributed by atoms with Crippen LogP contribution in [-0.4, -0.2) is 46.2 Å². The standard InChI is InChI=1S/C25H21N5O6/c1-24(20(32)26-22(34)28-24)16-6-3-14(4-7-16)9-10-25(21(33)27-23(35)29-25)13-30-12-15-5-8-17(36-2)11-18(15)19(30)31/h3-8,11-12,31H,13H2,1-2H3,(H2,26,28,32,34)(H2,27,29,33,35)/t24?,25-/m1/s1. The van der Waals surface area contributed by atoms with Crippen LogP contribution in [0.4, 0.5) is 9.59 Å². The molecule has 0 saturated carbocycles. The van der Waals surface area contributed by atoms with Crippen molar-refractivity contribution in [1.82, 2.24) is 25.8 Å². The normalized spacial score (nSPS) is 22.9. The first kappa shape index (κ1) is 22.8. The van der Waals surface area contributed by atoms with Gasteiger partial charge >= 0.3 is 12.1 Å². The summed E-state index contributed by atoms with van der Waals surface area (Å²) in [6.07, 6.45) is 1.65. The fourth-order valence-electron chi connectivity index (χ4n) is 4.27. The van der Waals surface area contributed by atoms with Crippen LogP contribution in [0.2, 0.25) is 0 Å². The van der Waals surface area contributed by atoms with Gasteiger partial charge in [0.25, 0.3) is 11.8 Å². The summed E-state index contributed by atoms with van der Waals surface area (Å²) in [7, 11) is 1.52. The lowest BCUT2D eigenvalue weighted by Crippen LogP contribution is -2.49. The number of rotatable bonds is 4. The number of nitrogens with zero attached hydrogens (tertiary/aromatic N) is 1. The molecular formula is C25H21N5O6. The molecule has 36 heavy (non-hydrogen) atoms. The molecule has 1 aromatic heterocycles. The van der Waals surface area contributed by atoms with Gasteiger partial charge in [-0.25, -0.2) is 9.59 Å². The Hall–Kier alpha value is -4.98. The largest absolute Gasteiger partial charge is 0.497 e. The van der Waals surface area contributed by atoms with Crippen LogP contribution in [0.15, 0.2) is 48.7 Å². The van der Waals surface area contributed by atoms with E-state index in [0.29, 0.717) is 27.6 Å². The number of imide groups is 2. The van der Waals surface area contributed by atoms with Gasteiger partial charge in [-0.1, -0.05) is 24.0 Å². The zero-order chi connectivity index (χ0) is 25.7. The highest BCUT2D eigenvalue weighted by Gasteiger charge is 2.46. The fourth-order valence-corrected chi connectivity index (χ4v) is 4.27. The van der Waals surface area contributed by atoms with Crippen LogP contribution in [0.5, 0.6) is 11.6 Å². The maximum absolute atomic E-state index is 12.8. The Balaban J connectivity index is 1.47. The Morgan fingerprint density at radius 3 is 2.28 bits per heavy atom. The van der Waals surface area contributed by atoms with Crippen LogP contribution in [-0.2, 0) is 21.7 Å². The topological polar surface area (TPSA) is 151 Å². The molecular weight excluding hydrogens is 466 g/mol. The minimum absolute atomic E-state index is 0.103. The first-order valence-corrected chi connectivity index (χ1v) is 10.9. The van der Waals surface area contributed by atoms with E-state index < -0.39 is 35.0 Å². The molecule has 5 rings (SSSR count). The molecule has 3 aromatic rings. The molecule has 182 valence electrons. The van der Waals surface area contributed by atoms with E-state index in [1.165, 1.54) is 11.7 Å². The van der Waals surface area contributed by atoms with Gasteiger partial charge < -0.3 is 25.0 Å². The van der Waals surface area contributed by atoms with Crippen molar-refractivity contribution in [1.29, 1.82) is 0 Å². The van der Waals surface area contributed by atoms with Crippen molar-refractivity contribution >= 4 is 34.6 Å². The zero-order valence-corrected chi connectivity index (χ0v) is 19.3. The molecule has 2 aliphatic heterocycles. The molecule has 2 aromatic carbocycles. The minimum Gasteiger partial charge on any atom is -0.497 e. The predicted octanol–water partition coefficient (Wildman–Crippen LogP) is 1.04. The second-order valence-corrected chi connectivity index (χ2v) is 8.71. The van der Waals surface area contributed by atoms with E-state index in [2.05, 4.69) is 33.1 Å². The van der Waals surface area contributed by atoms with Gasteiger partial charge in [-0.3, -0.25) is 20.2 Å². The summed E-state index contributed by atoms with van der Waals surface area (Å²) in [6, 6.07) is 10.5. The Kier molecular flexibility index (Phi) is 5.10. The Bertz CT molecular complexity index is 1520. The third kappa shape index (κ3) is 3.65.